The number of hydrogen-bond acceptors (Lipinski definition) is 6. The molecule has 0 aliphatic carbocycles. The number of thioether (sulfide) groups is 1. The van der Waals surface area contributed by atoms with Gasteiger partial charge in [0.15, 0.2) is 0 Å². The fraction of sp³-hybridized carbons (Fsp3) is 0.263. The molecule has 1 amide bonds. The lowest BCUT2D eigenvalue weighted by atomic mass is 10.1. The fourth-order valence-electron chi connectivity index (χ4n) is 2.67. The summed E-state index contributed by atoms with van der Waals surface area (Å²) in [5.41, 5.74) is 3.60. The first kappa shape index (κ1) is 20.2. The lowest BCUT2D eigenvalue weighted by molar-refractivity contribution is -0.115. The van der Waals surface area contributed by atoms with Crippen molar-refractivity contribution in [2.75, 3.05) is 12.4 Å². The number of hydrogen-bond donors (Lipinski definition) is 1. The second kappa shape index (κ2) is 8.62. The maximum absolute atomic E-state index is 12.7. The van der Waals surface area contributed by atoms with E-state index in [1.165, 1.54) is 18.9 Å². The third-order valence-corrected chi connectivity index (χ3v) is 5.36. The number of ether oxygens (including phenoxy) is 1. The predicted octanol–water partition coefficient (Wildman–Crippen LogP) is 4.06. The molecule has 7 nitrogen and oxygen atoms in total. The largest absolute Gasteiger partial charge is 0.495 e. The summed E-state index contributed by atoms with van der Waals surface area (Å²) in [6.07, 6.45) is 0. The summed E-state index contributed by atoms with van der Waals surface area (Å²) in [4.78, 5) is 12.7. The molecule has 1 unspecified atom stereocenters. The Morgan fingerprint density at radius 2 is 2.04 bits per heavy atom. The zero-order valence-corrected chi connectivity index (χ0v) is 17.5. The average Bonchev–Trinajstić information content (AvgIpc) is 3.09. The summed E-state index contributed by atoms with van der Waals surface area (Å²) in [6.45, 7) is 5.82. The van der Waals surface area contributed by atoms with Gasteiger partial charge in [-0.1, -0.05) is 41.1 Å². The van der Waals surface area contributed by atoms with Gasteiger partial charge in [0, 0.05) is 5.02 Å². The van der Waals surface area contributed by atoms with Crippen LogP contribution < -0.4 is 10.1 Å². The second-order valence-corrected chi connectivity index (χ2v) is 8.00. The summed E-state index contributed by atoms with van der Waals surface area (Å²) in [5.74, 6) is 0.329. The van der Waals surface area contributed by atoms with E-state index in [1.54, 1.807) is 29.8 Å². The molecule has 0 fully saturated rings. The summed E-state index contributed by atoms with van der Waals surface area (Å²) >= 11 is 7.30. The smallest absolute Gasteiger partial charge is 0.237 e. The molecule has 2 aromatic carbocycles. The van der Waals surface area contributed by atoms with Gasteiger partial charge in [-0.3, -0.25) is 4.79 Å². The number of aryl methyl sites for hydroxylation is 2. The van der Waals surface area contributed by atoms with E-state index in [-0.39, 0.29) is 5.91 Å². The van der Waals surface area contributed by atoms with Crippen molar-refractivity contribution in [3.63, 3.8) is 0 Å². The third kappa shape index (κ3) is 4.45. The van der Waals surface area contributed by atoms with Crippen LogP contribution in [-0.2, 0) is 4.79 Å². The molecule has 3 rings (SSSR count). The Bertz CT molecular complexity index is 1010. The standard InChI is InChI=1S/C19H20ClN5O2S/c1-11-5-7-16(12(2)9-11)25-19(22-23-24-25)28-13(3)18(26)21-15-10-14(20)6-8-17(15)27-4/h5-10,13H,1-4H3,(H,21,26). The zero-order valence-electron chi connectivity index (χ0n) is 15.9. The number of benzene rings is 2. The molecule has 1 N–H and O–H groups in total. The van der Waals surface area contributed by atoms with Crippen LogP contribution >= 0.6 is 23.4 Å². The van der Waals surface area contributed by atoms with E-state index < -0.39 is 5.25 Å². The van der Waals surface area contributed by atoms with Gasteiger partial charge in [-0.25, -0.2) is 0 Å². The van der Waals surface area contributed by atoms with Crippen LogP contribution in [0.1, 0.15) is 18.1 Å². The maximum atomic E-state index is 12.7. The van der Waals surface area contributed by atoms with Crippen molar-refractivity contribution in [3.8, 4) is 11.4 Å². The monoisotopic (exact) mass is 417 g/mol. The number of amides is 1. The van der Waals surface area contributed by atoms with Crippen molar-refractivity contribution in [1.29, 1.82) is 0 Å². The number of halogens is 1. The molecule has 1 aromatic heterocycles. The van der Waals surface area contributed by atoms with Crippen LogP contribution in [-0.4, -0.2) is 38.5 Å². The second-order valence-electron chi connectivity index (χ2n) is 6.26. The van der Waals surface area contributed by atoms with Gasteiger partial charge in [-0.15, -0.1) is 5.10 Å². The van der Waals surface area contributed by atoms with E-state index in [9.17, 15) is 4.79 Å². The van der Waals surface area contributed by atoms with Gasteiger partial charge in [0.25, 0.3) is 0 Å². The number of carbonyl (C=O) groups excluding carboxylic acids is 1. The number of methoxy groups -OCH3 is 1. The predicted molar refractivity (Wildman–Crippen MR) is 111 cm³/mol. The number of nitrogens with one attached hydrogen (secondary N) is 1. The fourth-order valence-corrected chi connectivity index (χ4v) is 3.64. The highest BCUT2D eigenvalue weighted by Gasteiger charge is 2.21. The number of rotatable bonds is 6. The first-order chi connectivity index (χ1) is 13.4. The number of anilines is 1. The number of nitrogens with zero attached hydrogens (tertiary/aromatic N) is 4. The van der Waals surface area contributed by atoms with E-state index in [0.717, 1.165) is 16.8 Å². The Hall–Kier alpha value is -2.58. The van der Waals surface area contributed by atoms with Crippen LogP contribution in [0.5, 0.6) is 5.75 Å². The molecular formula is C19H20ClN5O2S. The molecule has 0 saturated carbocycles. The number of aromatic nitrogens is 4. The molecule has 0 aliphatic heterocycles. The molecular weight excluding hydrogens is 398 g/mol. The molecule has 0 aliphatic rings. The van der Waals surface area contributed by atoms with E-state index >= 15 is 0 Å². The van der Waals surface area contributed by atoms with Gasteiger partial charge in [-0.2, -0.15) is 4.68 Å². The van der Waals surface area contributed by atoms with Crippen molar-refractivity contribution in [1.82, 2.24) is 20.2 Å². The first-order valence-corrected chi connectivity index (χ1v) is 9.82. The van der Waals surface area contributed by atoms with Crippen LogP contribution in [0.15, 0.2) is 41.6 Å². The Kier molecular flexibility index (Phi) is 6.21. The molecule has 1 heterocycles. The van der Waals surface area contributed by atoms with E-state index in [0.29, 0.717) is 21.6 Å². The maximum Gasteiger partial charge on any atom is 0.237 e. The Labute approximate surface area is 172 Å². The van der Waals surface area contributed by atoms with Crippen LogP contribution in [0.2, 0.25) is 5.02 Å². The van der Waals surface area contributed by atoms with Crippen LogP contribution in [0, 0.1) is 13.8 Å². The van der Waals surface area contributed by atoms with Gasteiger partial charge in [0.1, 0.15) is 5.75 Å². The quantitative estimate of drug-likeness (QED) is 0.609. The molecule has 0 saturated heterocycles. The van der Waals surface area contributed by atoms with Gasteiger partial charge in [-0.05, 0) is 61.0 Å². The first-order valence-electron chi connectivity index (χ1n) is 8.56. The van der Waals surface area contributed by atoms with Crippen molar-refractivity contribution < 1.29 is 9.53 Å². The van der Waals surface area contributed by atoms with Crippen LogP contribution in [0.4, 0.5) is 5.69 Å². The van der Waals surface area contributed by atoms with Gasteiger partial charge in [0.2, 0.25) is 11.1 Å². The van der Waals surface area contributed by atoms with E-state index in [4.69, 9.17) is 16.3 Å². The molecule has 146 valence electrons. The zero-order chi connectivity index (χ0) is 20.3. The summed E-state index contributed by atoms with van der Waals surface area (Å²) in [6, 6.07) is 11.1. The molecule has 3 aromatic rings. The molecule has 0 spiro atoms. The summed E-state index contributed by atoms with van der Waals surface area (Å²) in [5, 5.41) is 15.4. The van der Waals surface area contributed by atoms with Crippen molar-refractivity contribution in [2.24, 2.45) is 0 Å². The Morgan fingerprint density at radius 3 is 2.75 bits per heavy atom. The van der Waals surface area contributed by atoms with Crippen LogP contribution in [0.25, 0.3) is 5.69 Å². The molecule has 28 heavy (non-hydrogen) atoms. The summed E-state index contributed by atoms with van der Waals surface area (Å²) < 4.78 is 6.91. The summed E-state index contributed by atoms with van der Waals surface area (Å²) in [7, 11) is 1.54. The minimum absolute atomic E-state index is 0.208. The van der Waals surface area contributed by atoms with Gasteiger partial charge < -0.3 is 10.1 Å². The lowest BCUT2D eigenvalue weighted by Gasteiger charge is -2.14. The number of tetrazole rings is 1. The molecule has 0 radical (unpaired) electrons. The topological polar surface area (TPSA) is 81.9 Å². The van der Waals surface area contributed by atoms with E-state index in [1.807, 2.05) is 26.0 Å². The Balaban J connectivity index is 1.77. The molecule has 1 atom stereocenters. The number of carbonyl (C=O) groups is 1. The lowest BCUT2D eigenvalue weighted by Crippen LogP contribution is -2.23. The van der Waals surface area contributed by atoms with Crippen molar-refractivity contribution in [3.05, 3.63) is 52.5 Å². The van der Waals surface area contributed by atoms with Crippen LogP contribution in [0.3, 0.4) is 0 Å². The SMILES string of the molecule is COc1ccc(Cl)cc1NC(=O)C(C)Sc1nnnn1-c1ccc(C)cc1C. The molecule has 0 bridgehead atoms. The third-order valence-electron chi connectivity index (χ3n) is 4.09. The normalized spacial score (nSPS) is 11.9. The van der Waals surface area contributed by atoms with Gasteiger partial charge >= 0.3 is 0 Å². The van der Waals surface area contributed by atoms with Crippen molar-refractivity contribution >= 4 is 35.0 Å². The highest BCUT2D eigenvalue weighted by atomic mass is 35.5. The van der Waals surface area contributed by atoms with Gasteiger partial charge in [0.05, 0.1) is 23.7 Å². The Morgan fingerprint density at radius 1 is 1.25 bits per heavy atom. The molecule has 9 heteroatoms. The highest BCUT2D eigenvalue weighted by molar-refractivity contribution is 8.00. The van der Waals surface area contributed by atoms with E-state index in [2.05, 4.69) is 26.9 Å². The minimum atomic E-state index is -0.445. The average molecular weight is 418 g/mol. The minimum Gasteiger partial charge on any atom is -0.495 e. The van der Waals surface area contributed by atoms with Crippen molar-refractivity contribution in [2.45, 2.75) is 31.2 Å². The highest BCUT2D eigenvalue weighted by Crippen LogP contribution is 2.30.